The Labute approximate surface area is 166 Å². The molecule has 2 rings (SSSR count). The number of hydrogen-bond donors (Lipinski definition) is 4. The average molecular weight is 409 g/mol. The van der Waals surface area contributed by atoms with Gasteiger partial charge in [-0.2, -0.15) is 0 Å². The molecule has 0 aliphatic rings. The normalized spacial score (nSPS) is 14.5. The van der Waals surface area contributed by atoms with Crippen LogP contribution >= 0.6 is 0 Å². The summed E-state index contributed by atoms with van der Waals surface area (Å²) < 4.78 is 32.4. The molecule has 1 unspecified atom stereocenters. The van der Waals surface area contributed by atoms with Gasteiger partial charge >= 0.3 is 0 Å². The van der Waals surface area contributed by atoms with Crippen LogP contribution in [0.25, 0.3) is 0 Å². The Morgan fingerprint density at radius 2 is 1.86 bits per heavy atom. The van der Waals surface area contributed by atoms with Crippen molar-refractivity contribution in [2.75, 3.05) is 26.2 Å². The zero-order valence-electron chi connectivity index (χ0n) is 16.4. The van der Waals surface area contributed by atoms with Crippen LogP contribution in [-0.2, 0) is 15.6 Å². The smallest absolute Gasteiger partial charge is 0.240 e. The fourth-order valence-electron chi connectivity index (χ4n) is 2.43. The van der Waals surface area contributed by atoms with Gasteiger partial charge in [-0.15, -0.1) is 0 Å². The Balaban J connectivity index is 1.89. The van der Waals surface area contributed by atoms with Gasteiger partial charge in [-0.25, -0.2) is 18.1 Å². The molecule has 0 bridgehead atoms. The number of benzene rings is 1. The molecule has 0 aliphatic carbocycles. The summed E-state index contributed by atoms with van der Waals surface area (Å²) in [6.45, 7) is 6.60. The third-order valence-electron chi connectivity index (χ3n) is 3.92. The van der Waals surface area contributed by atoms with Crippen LogP contribution in [0.2, 0.25) is 0 Å². The Morgan fingerprint density at radius 1 is 1.14 bits per heavy atom. The predicted molar refractivity (Wildman–Crippen MR) is 109 cm³/mol. The van der Waals surface area contributed by atoms with E-state index in [4.69, 9.17) is 4.42 Å². The van der Waals surface area contributed by atoms with E-state index in [1.165, 1.54) is 0 Å². The second-order valence-corrected chi connectivity index (χ2v) is 8.28. The summed E-state index contributed by atoms with van der Waals surface area (Å²) in [4.78, 5) is 4.59. The second-order valence-electron chi connectivity index (χ2n) is 6.52. The van der Waals surface area contributed by atoms with E-state index in [9.17, 15) is 13.5 Å². The van der Waals surface area contributed by atoms with Crippen molar-refractivity contribution < 1.29 is 17.9 Å². The zero-order chi connectivity index (χ0) is 20.6. The van der Waals surface area contributed by atoms with Gasteiger partial charge < -0.3 is 20.2 Å². The molecule has 8 nitrogen and oxygen atoms in total. The summed E-state index contributed by atoms with van der Waals surface area (Å²) >= 11 is 0. The fraction of sp³-hybridized carbons (Fsp3) is 0.421. The van der Waals surface area contributed by atoms with Gasteiger partial charge in [0.15, 0.2) is 5.96 Å². The summed E-state index contributed by atoms with van der Waals surface area (Å²) in [7, 11) is -3.54. The van der Waals surface area contributed by atoms with Crippen molar-refractivity contribution in [1.29, 1.82) is 0 Å². The maximum absolute atomic E-state index is 12.2. The molecule has 0 fully saturated rings. The third-order valence-corrected chi connectivity index (χ3v) is 5.40. The van der Waals surface area contributed by atoms with E-state index in [1.54, 1.807) is 49.4 Å². The Morgan fingerprint density at radius 3 is 2.46 bits per heavy atom. The first-order chi connectivity index (χ1) is 13.2. The van der Waals surface area contributed by atoms with Crippen molar-refractivity contribution in [3.63, 3.8) is 0 Å². The van der Waals surface area contributed by atoms with Crippen LogP contribution in [0.5, 0.6) is 0 Å². The minimum absolute atomic E-state index is 0.0883. The number of aliphatic hydroxyl groups is 1. The molecule has 1 aromatic carbocycles. The van der Waals surface area contributed by atoms with Crippen LogP contribution in [-0.4, -0.2) is 45.7 Å². The topological polar surface area (TPSA) is 116 Å². The molecule has 0 aliphatic heterocycles. The number of nitrogens with one attached hydrogen (secondary N) is 3. The first kappa shape index (κ1) is 21.9. The second kappa shape index (κ2) is 9.72. The van der Waals surface area contributed by atoms with Gasteiger partial charge in [0.05, 0.1) is 11.4 Å². The molecule has 1 aromatic heterocycles. The van der Waals surface area contributed by atoms with Gasteiger partial charge in [-0.3, -0.25) is 0 Å². The van der Waals surface area contributed by atoms with Gasteiger partial charge in [0.25, 0.3) is 0 Å². The van der Waals surface area contributed by atoms with Crippen LogP contribution in [0.3, 0.4) is 0 Å². The molecule has 2 aromatic rings. The van der Waals surface area contributed by atoms with E-state index in [0.29, 0.717) is 24.8 Å². The van der Waals surface area contributed by atoms with Gasteiger partial charge in [-0.1, -0.05) is 18.2 Å². The van der Waals surface area contributed by atoms with Crippen molar-refractivity contribution in [1.82, 2.24) is 15.4 Å². The Bertz CT molecular complexity index is 876. The van der Waals surface area contributed by atoms with Crippen LogP contribution in [0, 0.1) is 6.92 Å². The lowest BCUT2D eigenvalue weighted by Crippen LogP contribution is -2.42. The minimum Gasteiger partial charge on any atom is -0.463 e. The maximum Gasteiger partial charge on any atom is 0.240 e. The molecule has 0 saturated heterocycles. The first-order valence-corrected chi connectivity index (χ1v) is 10.6. The summed E-state index contributed by atoms with van der Waals surface area (Å²) in [5.74, 6) is 1.64. The van der Waals surface area contributed by atoms with E-state index < -0.39 is 15.6 Å². The van der Waals surface area contributed by atoms with Crippen molar-refractivity contribution >= 4 is 16.0 Å². The highest BCUT2D eigenvalue weighted by molar-refractivity contribution is 7.89. The number of sulfonamides is 1. The van der Waals surface area contributed by atoms with Crippen molar-refractivity contribution in [2.24, 2.45) is 4.99 Å². The Kier molecular flexibility index (Phi) is 7.61. The molecule has 1 heterocycles. The molecule has 9 heteroatoms. The maximum atomic E-state index is 12.2. The number of rotatable bonds is 9. The Hall–Kier alpha value is -2.36. The van der Waals surface area contributed by atoms with E-state index >= 15 is 0 Å². The predicted octanol–water partition coefficient (Wildman–Crippen LogP) is 1.33. The molecule has 4 N–H and O–H groups in total. The highest BCUT2D eigenvalue weighted by Gasteiger charge is 2.26. The number of guanidine groups is 1. The van der Waals surface area contributed by atoms with E-state index in [2.05, 4.69) is 20.3 Å². The van der Waals surface area contributed by atoms with Crippen LogP contribution in [0.1, 0.15) is 25.4 Å². The molecule has 154 valence electrons. The highest BCUT2D eigenvalue weighted by Crippen LogP contribution is 2.22. The van der Waals surface area contributed by atoms with Crippen molar-refractivity contribution in [3.05, 3.63) is 54.0 Å². The average Bonchev–Trinajstić information content (AvgIpc) is 3.11. The SMILES string of the molecule is CCNC(=NCC(C)(O)c1ccc(C)o1)NCCNS(=O)(=O)c1ccccc1. The monoisotopic (exact) mass is 408 g/mol. The third kappa shape index (κ3) is 6.36. The summed E-state index contributed by atoms with van der Waals surface area (Å²) in [5, 5.41) is 16.7. The zero-order valence-corrected chi connectivity index (χ0v) is 17.2. The largest absolute Gasteiger partial charge is 0.463 e. The standard InChI is InChI=1S/C19H28N4O4S/c1-4-20-18(22-14-19(3,24)17-11-10-15(2)27-17)21-12-13-23-28(25,26)16-8-6-5-7-9-16/h5-11,23-24H,4,12-14H2,1-3H3,(H2,20,21,22). The van der Waals surface area contributed by atoms with Crippen LogP contribution in [0.4, 0.5) is 0 Å². The molecular weight excluding hydrogens is 380 g/mol. The van der Waals surface area contributed by atoms with Gasteiger partial charge in [0.2, 0.25) is 10.0 Å². The summed E-state index contributed by atoms with van der Waals surface area (Å²) in [5.41, 5.74) is -1.24. The van der Waals surface area contributed by atoms with Gasteiger partial charge in [0.1, 0.15) is 17.1 Å². The van der Waals surface area contributed by atoms with Crippen molar-refractivity contribution in [3.8, 4) is 0 Å². The van der Waals surface area contributed by atoms with E-state index in [-0.39, 0.29) is 18.0 Å². The minimum atomic E-state index is -3.54. The van der Waals surface area contributed by atoms with Gasteiger partial charge in [0, 0.05) is 19.6 Å². The number of aryl methyl sites for hydroxylation is 1. The summed E-state index contributed by atoms with van der Waals surface area (Å²) in [6.07, 6.45) is 0. The highest BCUT2D eigenvalue weighted by atomic mass is 32.2. The number of aliphatic imine (C=N–C) groups is 1. The quantitative estimate of drug-likeness (QED) is 0.283. The van der Waals surface area contributed by atoms with E-state index in [0.717, 1.165) is 5.76 Å². The molecular formula is C19H28N4O4S. The molecule has 0 amide bonds. The van der Waals surface area contributed by atoms with Crippen LogP contribution in [0.15, 0.2) is 56.8 Å². The van der Waals surface area contributed by atoms with E-state index in [1.807, 2.05) is 13.8 Å². The number of furan rings is 1. The number of hydrogen-bond acceptors (Lipinski definition) is 5. The molecule has 0 radical (unpaired) electrons. The molecule has 0 spiro atoms. The molecule has 0 saturated carbocycles. The lowest BCUT2D eigenvalue weighted by atomic mass is 10.0. The van der Waals surface area contributed by atoms with Crippen LogP contribution < -0.4 is 15.4 Å². The molecule has 28 heavy (non-hydrogen) atoms. The first-order valence-electron chi connectivity index (χ1n) is 9.11. The fourth-order valence-corrected chi connectivity index (χ4v) is 3.48. The summed E-state index contributed by atoms with van der Waals surface area (Å²) in [6, 6.07) is 11.7. The lowest BCUT2D eigenvalue weighted by molar-refractivity contribution is 0.0428. The molecule has 1 atom stereocenters. The lowest BCUT2D eigenvalue weighted by Gasteiger charge is -2.19. The van der Waals surface area contributed by atoms with Gasteiger partial charge in [-0.05, 0) is 45.0 Å². The van der Waals surface area contributed by atoms with Crippen molar-refractivity contribution in [2.45, 2.75) is 31.3 Å². The number of nitrogens with zero attached hydrogens (tertiary/aromatic N) is 1.